The summed E-state index contributed by atoms with van der Waals surface area (Å²) in [5.41, 5.74) is 0.923. The van der Waals surface area contributed by atoms with E-state index in [9.17, 15) is 28.8 Å². The minimum atomic E-state index is -1.27. The third-order valence-corrected chi connectivity index (χ3v) is 6.05. The number of carboxylic acid groups (broad SMARTS) is 1. The Kier molecular flexibility index (Phi) is 9.25. The summed E-state index contributed by atoms with van der Waals surface area (Å²) in [6.07, 6.45) is 1.57. The van der Waals surface area contributed by atoms with Gasteiger partial charge in [-0.1, -0.05) is 18.2 Å². The van der Waals surface area contributed by atoms with Crippen LogP contribution in [0.15, 0.2) is 36.5 Å². The number of nitrogens with zero attached hydrogens (tertiary/aromatic N) is 2. The molecule has 2 heterocycles. The van der Waals surface area contributed by atoms with E-state index in [1.165, 1.54) is 11.1 Å². The van der Waals surface area contributed by atoms with Crippen molar-refractivity contribution in [3.63, 3.8) is 0 Å². The van der Waals surface area contributed by atoms with Gasteiger partial charge in [0.05, 0.1) is 23.5 Å². The molecule has 37 heavy (non-hydrogen) atoms. The van der Waals surface area contributed by atoms with Gasteiger partial charge < -0.3 is 30.8 Å². The Balaban J connectivity index is 1.79. The Hall–Kier alpha value is -4.35. The normalized spacial score (nSPS) is 19.8. The second-order valence-electron chi connectivity index (χ2n) is 8.85. The third kappa shape index (κ3) is 7.56. The molecule has 0 bridgehead atoms. The van der Waals surface area contributed by atoms with E-state index in [2.05, 4.69) is 20.9 Å². The van der Waals surface area contributed by atoms with Crippen molar-refractivity contribution in [2.45, 2.75) is 50.2 Å². The Labute approximate surface area is 212 Å². The summed E-state index contributed by atoms with van der Waals surface area (Å²) < 4.78 is 0. The van der Waals surface area contributed by atoms with Gasteiger partial charge >= 0.3 is 5.97 Å². The van der Waals surface area contributed by atoms with Crippen LogP contribution in [-0.2, 0) is 24.0 Å². The first-order valence-corrected chi connectivity index (χ1v) is 11.9. The average molecular weight is 512 g/mol. The van der Waals surface area contributed by atoms with Crippen LogP contribution in [0.5, 0.6) is 0 Å². The van der Waals surface area contributed by atoms with E-state index in [4.69, 9.17) is 5.11 Å². The van der Waals surface area contributed by atoms with Gasteiger partial charge in [0.15, 0.2) is 0 Å². The predicted octanol–water partition coefficient (Wildman–Crippen LogP) is 0.00880. The summed E-state index contributed by atoms with van der Waals surface area (Å²) in [4.78, 5) is 79.3. The topological polar surface area (TPSA) is 175 Å². The number of carboxylic acids is 1. The summed E-state index contributed by atoms with van der Waals surface area (Å²) in [6.45, 7) is 0.324. The van der Waals surface area contributed by atoms with Gasteiger partial charge in [0.2, 0.25) is 17.7 Å². The summed E-state index contributed by atoms with van der Waals surface area (Å²) >= 11 is 0. The number of para-hydroxylation sites is 1. The molecule has 1 aliphatic heterocycles. The minimum absolute atomic E-state index is 0.00642. The monoisotopic (exact) mass is 511 g/mol. The molecule has 1 aromatic heterocycles. The van der Waals surface area contributed by atoms with E-state index < -0.39 is 48.2 Å². The van der Waals surface area contributed by atoms with Crippen molar-refractivity contribution in [3.8, 4) is 0 Å². The molecule has 4 N–H and O–H groups in total. The van der Waals surface area contributed by atoms with Crippen LogP contribution in [0.25, 0.3) is 10.9 Å². The van der Waals surface area contributed by atoms with Crippen LogP contribution in [0.2, 0.25) is 0 Å². The van der Waals surface area contributed by atoms with E-state index in [0.717, 1.165) is 5.39 Å². The number of amides is 4. The fourth-order valence-electron chi connectivity index (χ4n) is 3.97. The fourth-order valence-corrected chi connectivity index (χ4v) is 3.97. The third-order valence-electron chi connectivity index (χ3n) is 6.05. The maximum atomic E-state index is 13.1. The lowest BCUT2D eigenvalue weighted by atomic mass is 10.1. The van der Waals surface area contributed by atoms with Crippen molar-refractivity contribution < 1.29 is 33.9 Å². The van der Waals surface area contributed by atoms with Crippen molar-refractivity contribution in [3.05, 3.63) is 42.1 Å². The smallest absolute Gasteiger partial charge is 0.305 e. The highest BCUT2D eigenvalue weighted by Gasteiger charge is 2.30. The van der Waals surface area contributed by atoms with Gasteiger partial charge in [0.1, 0.15) is 18.4 Å². The zero-order chi connectivity index (χ0) is 26.9. The molecule has 4 amide bonds. The SMILES string of the molecule is CN1CCC[C@@H](C(=O)N[C@H](C=O)CC(=O)O)NC(=O)[C@@H](NC(=O)c2cnc3ccccc3c2)CCC1=O. The number of hydrogen-bond donors (Lipinski definition) is 4. The van der Waals surface area contributed by atoms with E-state index in [1.807, 2.05) is 12.1 Å². The molecule has 0 radical (unpaired) electrons. The van der Waals surface area contributed by atoms with Gasteiger partial charge in [0.25, 0.3) is 5.91 Å². The molecule has 1 aromatic carbocycles. The molecule has 0 saturated carbocycles. The molecule has 1 fully saturated rings. The average Bonchev–Trinajstić information content (AvgIpc) is 2.90. The van der Waals surface area contributed by atoms with E-state index >= 15 is 0 Å². The first-order chi connectivity index (χ1) is 17.7. The highest BCUT2D eigenvalue weighted by Crippen LogP contribution is 2.14. The molecule has 1 saturated heterocycles. The van der Waals surface area contributed by atoms with Crippen LogP contribution in [0.3, 0.4) is 0 Å². The van der Waals surface area contributed by atoms with Crippen molar-refractivity contribution >= 4 is 46.8 Å². The first-order valence-electron chi connectivity index (χ1n) is 11.9. The number of rotatable bonds is 7. The highest BCUT2D eigenvalue weighted by molar-refractivity contribution is 6.00. The van der Waals surface area contributed by atoms with Gasteiger partial charge in [-0.15, -0.1) is 0 Å². The molecule has 1 aliphatic rings. The van der Waals surface area contributed by atoms with E-state index in [0.29, 0.717) is 24.8 Å². The number of nitrogens with one attached hydrogen (secondary N) is 3. The van der Waals surface area contributed by atoms with Gasteiger partial charge in [-0.25, -0.2) is 0 Å². The minimum Gasteiger partial charge on any atom is -0.481 e. The number of aromatic nitrogens is 1. The summed E-state index contributed by atoms with van der Waals surface area (Å²) in [7, 11) is 1.61. The zero-order valence-corrected chi connectivity index (χ0v) is 20.3. The predicted molar refractivity (Wildman–Crippen MR) is 131 cm³/mol. The quantitative estimate of drug-likeness (QED) is 0.376. The number of aliphatic carboxylic acids is 1. The number of aldehydes is 1. The largest absolute Gasteiger partial charge is 0.481 e. The molecular formula is C25H29N5O7. The van der Waals surface area contributed by atoms with Crippen LogP contribution in [0, 0.1) is 0 Å². The molecule has 0 aliphatic carbocycles. The number of fused-ring (bicyclic) bond motifs is 1. The molecule has 3 rings (SSSR count). The van der Waals surface area contributed by atoms with Crippen molar-refractivity contribution in [1.29, 1.82) is 0 Å². The molecule has 196 valence electrons. The number of carbonyl (C=O) groups excluding carboxylic acids is 5. The summed E-state index contributed by atoms with van der Waals surface area (Å²) in [6, 6.07) is 5.36. The molecule has 0 unspecified atom stereocenters. The van der Waals surface area contributed by atoms with Crippen LogP contribution < -0.4 is 16.0 Å². The van der Waals surface area contributed by atoms with Crippen LogP contribution >= 0.6 is 0 Å². The molecule has 2 aromatic rings. The maximum absolute atomic E-state index is 13.1. The highest BCUT2D eigenvalue weighted by atomic mass is 16.4. The molecule has 12 heteroatoms. The Bertz CT molecular complexity index is 1200. The van der Waals surface area contributed by atoms with Crippen molar-refractivity contribution in [2.75, 3.05) is 13.6 Å². The standard InChI is InChI=1S/C25H29N5O7/c1-30-10-4-7-19(24(36)27-17(14-31)12-22(33)34)29-25(37)20(8-9-21(30)32)28-23(35)16-11-15-5-2-3-6-18(15)26-13-16/h2-3,5-6,11,13-14,17,19-20H,4,7-10,12H2,1H3,(H,27,36)(H,28,35)(H,29,37)(H,33,34)/t17-,19-,20-/m0/s1. The lowest BCUT2D eigenvalue weighted by molar-refractivity contribution is -0.139. The summed E-state index contributed by atoms with van der Waals surface area (Å²) in [5.74, 6) is -3.47. The van der Waals surface area contributed by atoms with E-state index in [1.54, 1.807) is 25.2 Å². The van der Waals surface area contributed by atoms with Crippen molar-refractivity contribution in [2.24, 2.45) is 0 Å². The van der Waals surface area contributed by atoms with Crippen LogP contribution in [0.1, 0.15) is 42.5 Å². The molecular weight excluding hydrogens is 482 g/mol. The number of carbonyl (C=O) groups is 6. The number of benzene rings is 1. The van der Waals surface area contributed by atoms with E-state index in [-0.39, 0.29) is 30.7 Å². The second kappa shape index (κ2) is 12.6. The first kappa shape index (κ1) is 27.2. The van der Waals surface area contributed by atoms with Crippen LogP contribution in [-0.4, -0.2) is 82.6 Å². The van der Waals surface area contributed by atoms with Gasteiger partial charge in [-0.05, 0) is 31.4 Å². The lowest BCUT2D eigenvalue weighted by Gasteiger charge is -2.23. The second-order valence-corrected chi connectivity index (χ2v) is 8.85. The molecule has 0 spiro atoms. The Morgan fingerprint density at radius 1 is 1.24 bits per heavy atom. The number of hydrogen-bond acceptors (Lipinski definition) is 7. The van der Waals surface area contributed by atoms with Gasteiger partial charge in [-0.3, -0.25) is 29.0 Å². The molecule has 12 nitrogen and oxygen atoms in total. The van der Waals surface area contributed by atoms with Crippen LogP contribution in [0.4, 0.5) is 0 Å². The fraction of sp³-hybridized carbons (Fsp3) is 0.400. The maximum Gasteiger partial charge on any atom is 0.305 e. The lowest BCUT2D eigenvalue weighted by Crippen LogP contribution is -2.55. The Morgan fingerprint density at radius 3 is 2.73 bits per heavy atom. The van der Waals surface area contributed by atoms with Crippen molar-refractivity contribution in [1.82, 2.24) is 25.8 Å². The number of pyridine rings is 1. The zero-order valence-electron chi connectivity index (χ0n) is 20.3. The van der Waals surface area contributed by atoms with Gasteiger partial charge in [-0.2, -0.15) is 0 Å². The van der Waals surface area contributed by atoms with Gasteiger partial charge in [0, 0.05) is 31.6 Å². The Morgan fingerprint density at radius 2 is 2.00 bits per heavy atom. The molecule has 3 atom stereocenters. The summed E-state index contributed by atoms with van der Waals surface area (Å²) in [5, 5.41) is 17.2.